The van der Waals surface area contributed by atoms with Crippen molar-refractivity contribution < 1.29 is 13.6 Å². The minimum Gasteiger partial charge on any atom is -0.423 e. The summed E-state index contributed by atoms with van der Waals surface area (Å²) in [6.45, 7) is 3.71. The van der Waals surface area contributed by atoms with Gasteiger partial charge in [-0.05, 0) is 44.2 Å². The Bertz CT molecular complexity index is 1180. The lowest BCUT2D eigenvalue weighted by Crippen LogP contribution is -2.31. The molecule has 0 fully saturated rings. The van der Waals surface area contributed by atoms with E-state index in [4.69, 9.17) is 4.42 Å². The number of carbonyl (C=O) groups excluding carboxylic acids is 1. The SMILES string of the molecule is Cc1nc(-c2ccccc2F)sc1[C@H](C)NC(=O)Nc1cccc(-c2nnco2)c1. The van der Waals surface area contributed by atoms with Crippen LogP contribution in [0.1, 0.15) is 23.5 Å². The topological polar surface area (TPSA) is 92.9 Å². The fourth-order valence-corrected chi connectivity index (χ4v) is 4.11. The molecule has 0 saturated carbocycles. The van der Waals surface area contributed by atoms with Crippen LogP contribution in [0.4, 0.5) is 14.9 Å². The molecule has 2 aromatic heterocycles. The van der Waals surface area contributed by atoms with Crippen molar-refractivity contribution >= 4 is 23.1 Å². The van der Waals surface area contributed by atoms with Crippen LogP contribution in [0.15, 0.2) is 59.3 Å². The highest BCUT2D eigenvalue weighted by molar-refractivity contribution is 7.15. The van der Waals surface area contributed by atoms with Crippen LogP contribution >= 0.6 is 11.3 Å². The number of hydrogen-bond acceptors (Lipinski definition) is 6. The third-order valence-electron chi connectivity index (χ3n) is 4.41. The second-order valence-corrected chi connectivity index (χ2v) is 7.62. The van der Waals surface area contributed by atoms with Gasteiger partial charge in [-0.25, -0.2) is 14.2 Å². The Kier molecular flexibility index (Phi) is 5.53. The van der Waals surface area contributed by atoms with Gasteiger partial charge in [0, 0.05) is 16.8 Å². The van der Waals surface area contributed by atoms with Gasteiger partial charge < -0.3 is 15.1 Å². The molecule has 152 valence electrons. The van der Waals surface area contributed by atoms with Crippen molar-refractivity contribution in [3.8, 4) is 22.0 Å². The van der Waals surface area contributed by atoms with Crippen molar-refractivity contribution in [2.75, 3.05) is 5.32 Å². The summed E-state index contributed by atoms with van der Waals surface area (Å²) in [6, 6.07) is 12.9. The second-order valence-electron chi connectivity index (χ2n) is 6.59. The third kappa shape index (κ3) is 4.20. The quantitative estimate of drug-likeness (QED) is 0.461. The molecule has 2 N–H and O–H groups in total. The first-order valence-electron chi connectivity index (χ1n) is 9.17. The third-order valence-corrected chi connectivity index (χ3v) is 5.78. The summed E-state index contributed by atoms with van der Waals surface area (Å²) >= 11 is 1.36. The molecular weight excluding hydrogens is 405 g/mol. The number of amides is 2. The number of urea groups is 1. The van der Waals surface area contributed by atoms with Crippen molar-refractivity contribution in [3.05, 3.63) is 71.3 Å². The van der Waals surface area contributed by atoms with Crippen LogP contribution in [0.25, 0.3) is 22.0 Å². The zero-order valence-electron chi connectivity index (χ0n) is 16.2. The molecule has 1 atom stereocenters. The lowest BCUT2D eigenvalue weighted by molar-refractivity contribution is 0.249. The van der Waals surface area contributed by atoms with Crippen molar-refractivity contribution in [2.24, 2.45) is 0 Å². The van der Waals surface area contributed by atoms with E-state index in [0.717, 1.165) is 10.6 Å². The lowest BCUT2D eigenvalue weighted by atomic mass is 10.2. The monoisotopic (exact) mass is 423 g/mol. The first-order valence-corrected chi connectivity index (χ1v) is 9.99. The van der Waals surface area contributed by atoms with E-state index in [2.05, 4.69) is 25.8 Å². The fourth-order valence-electron chi connectivity index (χ4n) is 3.02. The van der Waals surface area contributed by atoms with Crippen LogP contribution in [-0.2, 0) is 0 Å². The van der Waals surface area contributed by atoms with Crippen molar-refractivity contribution in [3.63, 3.8) is 0 Å². The Morgan fingerprint density at radius 2 is 2.03 bits per heavy atom. The van der Waals surface area contributed by atoms with Crippen LogP contribution < -0.4 is 10.6 Å². The maximum atomic E-state index is 14.1. The molecule has 0 spiro atoms. The highest BCUT2D eigenvalue weighted by Crippen LogP contribution is 2.33. The summed E-state index contributed by atoms with van der Waals surface area (Å²) in [4.78, 5) is 17.8. The Morgan fingerprint density at radius 1 is 1.20 bits per heavy atom. The minimum absolute atomic E-state index is 0.304. The van der Waals surface area contributed by atoms with Crippen LogP contribution in [0.5, 0.6) is 0 Å². The minimum atomic E-state index is -0.370. The average molecular weight is 423 g/mol. The van der Waals surface area contributed by atoms with Crippen molar-refractivity contribution in [2.45, 2.75) is 19.9 Å². The molecule has 0 aliphatic rings. The van der Waals surface area contributed by atoms with Gasteiger partial charge in [-0.15, -0.1) is 21.5 Å². The van der Waals surface area contributed by atoms with Gasteiger partial charge in [0.25, 0.3) is 0 Å². The Morgan fingerprint density at radius 3 is 2.80 bits per heavy atom. The standard InChI is InChI=1S/C21H18FN5O2S/c1-12-18(30-20(24-12)16-8-3-4-9-17(16)22)13(2)25-21(28)26-15-7-5-6-14(10-15)19-27-23-11-29-19/h3-11,13H,1-2H3,(H2,25,26,28)/t13-/m0/s1. The zero-order valence-corrected chi connectivity index (χ0v) is 17.0. The van der Waals surface area contributed by atoms with Crippen LogP contribution in [-0.4, -0.2) is 21.2 Å². The van der Waals surface area contributed by atoms with E-state index in [1.807, 2.05) is 19.9 Å². The zero-order chi connectivity index (χ0) is 21.1. The molecule has 2 aromatic carbocycles. The summed E-state index contributed by atoms with van der Waals surface area (Å²) in [7, 11) is 0. The number of nitrogens with one attached hydrogen (secondary N) is 2. The molecule has 0 saturated heterocycles. The predicted octanol–water partition coefficient (Wildman–Crippen LogP) is 5.19. The number of benzene rings is 2. The summed E-state index contributed by atoms with van der Waals surface area (Å²) in [6.07, 6.45) is 1.25. The molecule has 2 amide bonds. The van der Waals surface area contributed by atoms with E-state index in [1.165, 1.54) is 23.8 Å². The molecule has 4 aromatic rings. The summed E-state index contributed by atoms with van der Waals surface area (Å²) < 4.78 is 19.3. The van der Waals surface area contributed by atoms with E-state index in [9.17, 15) is 9.18 Å². The van der Waals surface area contributed by atoms with E-state index in [1.54, 1.807) is 36.4 Å². The highest BCUT2D eigenvalue weighted by Gasteiger charge is 2.19. The predicted molar refractivity (Wildman–Crippen MR) is 113 cm³/mol. The van der Waals surface area contributed by atoms with E-state index >= 15 is 0 Å². The van der Waals surface area contributed by atoms with Gasteiger partial charge >= 0.3 is 6.03 Å². The lowest BCUT2D eigenvalue weighted by Gasteiger charge is -2.14. The number of aromatic nitrogens is 3. The summed E-state index contributed by atoms with van der Waals surface area (Å²) in [5.74, 6) is 0.0469. The van der Waals surface area contributed by atoms with E-state index < -0.39 is 0 Å². The Labute approximate surface area is 176 Å². The van der Waals surface area contributed by atoms with Gasteiger partial charge in [0.15, 0.2) is 0 Å². The van der Waals surface area contributed by atoms with Gasteiger partial charge in [0.1, 0.15) is 10.8 Å². The number of aryl methyl sites for hydroxylation is 1. The Hall–Kier alpha value is -3.59. The number of anilines is 1. The smallest absolute Gasteiger partial charge is 0.319 e. The summed E-state index contributed by atoms with van der Waals surface area (Å²) in [5.41, 5.74) is 2.49. The maximum absolute atomic E-state index is 14.1. The van der Waals surface area contributed by atoms with E-state index in [-0.39, 0.29) is 17.9 Å². The fraction of sp³-hybridized carbons (Fsp3) is 0.143. The average Bonchev–Trinajstić information content (AvgIpc) is 3.38. The maximum Gasteiger partial charge on any atom is 0.319 e. The van der Waals surface area contributed by atoms with Crippen molar-refractivity contribution in [1.29, 1.82) is 0 Å². The molecule has 0 aliphatic carbocycles. The molecule has 0 bridgehead atoms. The van der Waals surface area contributed by atoms with Crippen molar-refractivity contribution in [1.82, 2.24) is 20.5 Å². The molecule has 4 rings (SSSR count). The first-order chi connectivity index (χ1) is 14.5. The highest BCUT2D eigenvalue weighted by atomic mass is 32.1. The molecule has 9 heteroatoms. The number of rotatable bonds is 5. The molecule has 30 heavy (non-hydrogen) atoms. The van der Waals surface area contributed by atoms with Gasteiger partial charge in [-0.2, -0.15) is 0 Å². The van der Waals surface area contributed by atoms with Gasteiger partial charge in [0.05, 0.1) is 16.6 Å². The number of nitrogens with zero attached hydrogens (tertiary/aromatic N) is 3. The second kappa shape index (κ2) is 8.42. The van der Waals surface area contributed by atoms with Gasteiger partial charge in [-0.3, -0.25) is 0 Å². The molecular formula is C21H18FN5O2S. The number of thiazole rings is 1. The number of carbonyl (C=O) groups is 1. The van der Waals surface area contributed by atoms with Crippen LogP contribution in [0.3, 0.4) is 0 Å². The molecule has 7 nitrogen and oxygen atoms in total. The molecule has 0 unspecified atom stereocenters. The van der Waals surface area contributed by atoms with Crippen LogP contribution in [0, 0.1) is 12.7 Å². The number of halogens is 1. The molecule has 0 aliphatic heterocycles. The van der Waals surface area contributed by atoms with Crippen LogP contribution in [0.2, 0.25) is 0 Å². The number of hydrogen-bond donors (Lipinski definition) is 2. The van der Waals surface area contributed by atoms with E-state index in [0.29, 0.717) is 27.7 Å². The largest absolute Gasteiger partial charge is 0.423 e. The Balaban J connectivity index is 1.46. The molecule has 2 heterocycles. The summed E-state index contributed by atoms with van der Waals surface area (Å²) in [5, 5.41) is 13.8. The van der Waals surface area contributed by atoms with Gasteiger partial charge in [-0.1, -0.05) is 18.2 Å². The normalized spacial score (nSPS) is 11.8. The van der Waals surface area contributed by atoms with Gasteiger partial charge in [0.2, 0.25) is 12.3 Å². The molecule has 0 radical (unpaired) electrons. The first kappa shape index (κ1) is 19.7.